The zero-order valence-corrected chi connectivity index (χ0v) is 17.9. The lowest BCUT2D eigenvalue weighted by Gasteiger charge is -2.09. The maximum Gasteiger partial charge on any atom is 0.215 e. The average molecular weight is 400 g/mol. The summed E-state index contributed by atoms with van der Waals surface area (Å²) in [4.78, 5) is 4.51. The Hall–Kier alpha value is -2.18. The largest absolute Gasteiger partial charge is 0.332 e. The summed E-state index contributed by atoms with van der Waals surface area (Å²) in [6.07, 6.45) is 4.55. The van der Waals surface area contributed by atoms with Gasteiger partial charge in [-0.05, 0) is 55.0 Å². The summed E-state index contributed by atoms with van der Waals surface area (Å²) in [5.41, 5.74) is 5.01. The van der Waals surface area contributed by atoms with Crippen molar-refractivity contribution in [3.05, 3.63) is 65.0 Å². The molecule has 0 fully saturated rings. The van der Waals surface area contributed by atoms with Gasteiger partial charge in [0.2, 0.25) is 10.0 Å². The fourth-order valence-electron chi connectivity index (χ4n) is 3.48. The number of aromatic nitrogens is 2. The van der Waals surface area contributed by atoms with E-state index in [1.807, 2.05) is 38.1 Å². The molecule has 5 nitrogen and oxygen atoms in total. The first kappa shape index (κ1) is 20.6. The first-order chi connectivity index (χ1) is 13.2. The van der Waals surface area contributed by atoms with Crippen molar-refractivity contribution in [1.29, 1.82) is 0 Å². The van der Waals surface area contributed by atoms with Crippen molar-refractivity contribution in [1.82, 2.24) is 14.3 Å². The van der Waals surface area contributed by atoms with Gasteiger partial charge in [-0.3, -0.25) is 0 Å². The molecular formula is C22H29N3O2S. The van der Waals surface area contributed by atoms with Crippen LogP contribution in [0.4, 0.5) is 0 Å². The van der Waals surface area contributed by atoms with E-state index in [2.05, 4.69) is 40.4 Å². The summed E-state index contributed by atoms with van der Waals surface area (Å²) in [7, 11) is -3.38. The highest BCUT2D eigenvalue weighted by Gasteiger charge is 2.15. The summed E-state index contributed by atoms with van der Waals surface area (Å²) in [5.74, 6) is 0.526. The van der Waals surface area contributed by atoms with E-state index in [4.69, 9.17) is 0 Å². The number of nitrogens with zero attached hydrogens (tertiary/aromatic N) is 2. The lowest BCUT2D eigenvalue weighted by atomic mass is 10.1. The van der Waals surface area contributed by atoms with E-state index < -0.39 is 10.0 Å². The second kappa shape index (κ2) is 8.45. The molecule has 2 heterocycles. The number of pyridine rings is 1. The minimum absolute atomic E-state index is 0.0111. The SMILES string of the molecule is Cc1ccc(C)c(CS(=O)(=O)NCCc2cn(CC(C)C)c3ncccc23)c1. The molecule has 0 saturated heterocycles. The Balaban J connectivity index is 1.70. The summed E-state index contributed by atoms with van der Waals surface area (Å²) in [5, 5.41) is 1.09. The lowest BCUT2D eigenvalue weighted by Crippen LogP contribution is -2.27. The van der Waals surface area contributed by atoms with Crippen molar-refractivity contribution >= 4 is 21.1 Å². The van der Waals surface area contributed by atoms with Crippen LogP contribution >= 0.6 is 0 Å². The Morgan fingerprint density at radius 1 is 1.14 bits per heavy atom. The third-order valence-electron chi connectivity index (χ3n) is 4.84. The van der Waals surface area contributed by atoms with Crippen LogP contribution < -0.4 is 4.72 Å². The Morgan fingerprint density at radius 3 is 2.68 bits per heavy atom. The van der Waals surface area contributed by atoms with Crippen molar-refractivity contribution in [2.24, 2.45) is 5.92 Å². The molecule has 3 rings (SSSR count). The average Bonchev–Trinajstić information content (AvgIpc) is 2.95. The molecular weight excluding hydrogens is 370 g/mol. The molecule has 0 radical (unpaired) electrons. The molecule has 1 aromatic carbocycles. The van der Waals surface area contributed by atoms with Crippen LogP contribution in [0, 0.1) is 19.8 Å². The van der Waals surface area contributed by atoms with Gasteiger partial charge in [0.1, 0.15) is 5.65 Å². The summed E-state index contributed by atoms with van der Waals surface area (Å²) >= 11 is 0. The standard InChI is InChI=1S/C22H29N3O2S/c1-16(2)13-25-14-19(21-6-5-10-23-22(21)25)9-11-24-28(26,27)15-20-12-17(3)7-8-18(20)4/h5-8,10,12,14,16,24H,9,11,13,15H2,1-4H3. The summed E-state index contributed by atoms with van der Waals surface area (Å²) in [6, 6.07) is 9.89. The van der Waals surface area contributed by atoms with Gasteiger partial charge >= 0.3 is 0 Å². The number of fused-ring (bicyclic) bond motifs is 1. The molecule has 0 aliphatic rings. The summed E-state index contributed by atoms with van der Waals surface area (Å²) < 4.78 is 30.0. The number of benzene rings is 1. The van der Waals surface area contributed by atoms with Crippen LogP contribution in [-0.2, 0) is 28.7 Å². The second-order valence-corrected chi connectivity index (χ2v) is 9.72. The molecule has 2 aromatic heterocycles. The van der Waals surface area contributed by atoms with Gasteiger partial charge in [-0.25, -0.2) is 18.1 Å². The van der Waals surface area contributed by atoms with Crippen LogP contribution in [0.15, 0.2) is 42.7 Å². The van der Waals surface area contributed by atoms with Crippen LogP contribution in [0.2, 0.25) is 0 Å². The number of rotatable bonds is 8. The molecule has 0 aliphatic heterocycles. The Kier molecular flexibility index (Phi) is 6.20. The number of sulfonamides is 1. The number of nitrogens with one attached hydrogen (secondary N) is 1. The number of hydrogen-bond acceptors (Lipinski definition) is 3. The number of hydrogen-bond donors (Lipinski definition) is 1. The molecule has 28 heavy (non-hydrogen) atoms. The van der Waals surface area contributed by atoms with Gasteiger partial charge in [0.05, 0.1) is 5.75 Å². The maximum atomic E-state index is 12.5. The van der Waals surface area contributed by atoms with Gasteiger partial charge < -0.3 is 4.57 Å². The van der Waals surface area contributed by atoms with Crippen LogP contribution in [0.1, 0.15) is 36.1 Å². The van der Waals surface area contributed by atoms with E-state index in [9.17, 15) is 8.42 Å². The monoisotopic (exact) mass is 399 g/mol. The van der Waals surface area contributed by atoms with E-state index >= 15 is 0 Å². The molecule has 0 unspecified atom stereocenters. The third-order valence-corrected chi connectivity index (χ3v) is 6.18. The predicted octanol–water partition coefficient (Wildman–Crippen LogP) is 3.97. The quantitative estimate of drug-likeness (QED) is 0.623. The van der Waals surface area contributed by atoms with Gasteiger partial charge in [-0.15, -0.1) is 0 Å². The predicted molar refractivity (Wildman–Crippen MR) is 115 cm³/mol. The first-order valence-electron chi connectivity index (χ1n) is 9.71. The van der Waals surface area contributed by atoms with Crippen LogP contribution in [0.5, 0.6) is 0 Å². The molecule has 1 N–H and O–H groups in total. The van der Waals surface area contributed by atoms with E-state index in [0.29, 0.717) is 18.9 Å². The molecule has 0 aliphatic carbocycles. The molecule has 0 bridgehead atoms. The van der Waals surface area contributed by atoms with Gasteiger partial charge in [0.25, 0.3) is 0 Å². The fraction of sp³-hybridized carbons (Fsp3) is 0.409. The maximum absolute atomic E-state index is 12.5. The molecule has 0 amide bonds. The highest BCUT2D eigenvalue weighted by atomic mass is 32.2. The van der Waals surface area contributed by atoms with E-state index in [1.54, 1.807) is 6.20 Å². The van der Waals surface area contributed by atoms with Gasteiger partial charge in [0.15, 0.2) is 0 Å². The van der Waals surface area contributed by atoms with Crippen LogP contribution in [-0.4, -0.2) is 24.5 Å². The molecule has 0 saturated carbocycles. The molecule has 6 heteroatoms. The normalized spacial score (nSPS) is 12.2. The smallest absolute Gasteiger partial charge is 0.215 e. The third kappa shape index (κ3) is 5.00. The van der Waals surface area contributed by atoms with Crippen molar-refractivity contribution in [3.8, 4) is 0 Å². The second-order valence-electron chi connectivity index (χ2n) is 7.91. The minimum atomic E-state index is -3.38. The highest BCUT2D eigenvalue weighted by Crippen LogP contribution is 2.21. The Labute approximate surface area is 167 Å². The lowest BCUT2D eigenvalue weighted by molar-refractivity contribution is 0.532. The topological polar surface area (TPSA) is 64.0 Å². The van der Waals surface area contributed by atoms with Gasteiger partial charge in [-0.1, -0.05) is 37.6 Å². The van der Waals surface area contributed by atoms with Crippen LogP contribution in [0.25, 0.3) is 11.0 Å². The van der Waals surface area contributed by atoms with E-state index in [1.165, 1.54) is 0 Å². The van der Waals surface area contributed by atoms with Crippen molar-refractivity contribution in [2.75, 3.05) is 6.54 Å². The Bertz CT molecular complexity index is 1070. The van der Waals surface area contributed by atoms with E-state index in [-0.39, 0.29) is 5.75 Å². The first-order valence-corrected chi connectivity index (χ1v) is 11.4. The molecule has 0 spiro atoms. The molecule has 150 valence electrons. The zero-order valence-electron chi connectivity index (χ0n) is 17.1. The summed E-state index contributed by atoms with van der Waals surface area (Å²) in [6.45, 7) is 9.55. The number of aryl methyl sites for hydroxylation is 2. The van der Waals surface area contributed by atoms with Crippen LogP contribution in [0.3, 0.4) is 0 Å². The van der Waals surface area contributed by atoms with Crippen molar-refractivity contribution in [2.45, 2.75) is 46.4 Å². The minimum Gasteiger partial charge on any atom is -0.332 e. The molecule has 3 aromatic rings. The van der Waals surface area contributed by atoms with Crippen molar-refractivity contribution < 1.29 is 8.42 Å². The molecule has 0 atom stereocenters. The van der Waals surface area contributed by atoms with Gasteiger partial charge in [0, 0.05) is 30.9 Å². The zero-order chi connectivity index (χ0) is 20.3. The van der Waals surface area contributed by atoms with E-state index in [0.717, 1.165) is 39.8 Å². The fourth-order valence-corrected chi connectivity index (χ4v) is 4.72. The Morgan fingerprint density at radius 2 is 1.93 bits per heavy atom. The highest BCUT2D eigenvalue weighted by molar-refractivity contribution is 7.88. The van der Waals surface area contributed by atoms with Gasteiger partial charge in [-0.2, -0.15) is 0 Å². The van der Waals surface area contributed by atoms with Crippen molar-refractivity contribution in [3.63, 3.8) is 0 Å².